The lowest BCUT2D eigenvalue weighted by molar-refractivity contribution is 0.0927. The van der Waals surface area contributed by atoms with E-state index in [-0.39, 0.29) is 11.9 Å². The molecule has 0 radical (unpaired) electrons. The van der Waals surface area contributed by atoms with Gasteiger partial charge in [-0.3, -0.25) is 4.79 Å². The van der Waals surface area contributed by atoms with Gasteiger partial charge in [-0.15, -0.1) is 0 Å². The fraction of sp³-hybridized carbons (Fsp3) is 0.500. The van der Waals surface area contributed by atoms with Gasteiger partial charge >= 0.3 is 0 Å². The lowest BCUT2D eigenvalue weighted by Gasteiger charge is -2.22. The predicted octanol–water partition coefficient (Wildman–Crippen LogP) is 3.45. The van der Waals surface area contributed by atoms with Gasteiger partial charge in [0, 0.05) is 12.2 Å². The molecule has 1 N–H and O–H groups in total. The topological polar surface area (TPSA) is 42.0 Å². The summed E-state index contributed by atoms with van der Waals surface area (Å²) in [6.45, 7) is 0. The number of carbonyl (C=O) groups is 1. The largest absolute Gasteiger partial charge is 0.349 e. The van der Waals surface area contributed by atoms with Crippen LogP contribution in [0.2, 0.25) is 10.2 Å². The van der Waals surface area contributed by atoms with Crippen molar-refractivity contribution in [2.75, 3.05) is 0 Å². The van der Waals surface area contributed by atoms with Crippen LogP contribution in [-0.4, -0.2) is 16.9 Å². The second-order valence-corrected chi connectivity index (χ2v) is 5.09. The van der Waals surface area contributed by atoms with Gasteiger partial charge in [0.25, 0.3) is 5.91 Å². The average Bonchev–Trinajstić information content (AvgIpc) is 2.30. The van der Waals surface area contributed by atoms with E-state index in [2.05, 4.69) is 10.3 Å². The molecule has 5 heteroatoms. The lowest BCUT2D eigenvalue weighted by Crippen LogP contribution is -2.36. The zero-order valence-corrected chi connectivity index (χ0v) is 10.9. The molecule has 1 aromatic heterocycles. The summed E-state index contributed by atoms with van der Waals surface area (Å²) in [4.78, 5) is 15.8. The van der Waals surface area contributed by atoms with Crippen molar-refractivity contribution < 1.29 is 4.79 Å². The summed E-state index contributed by atoms with van der Waals surface area (Å²) in [6, 6.07) is 1.75. The van der Waals surface area contributed by atoms with Crippen molar-refractivity contribution in [3.8, 4) is 0 Å². The summed E-state index contributed by atoms with van der Waals surface area (Å²) in [6.07, 6.45) is 7.13. The number of aromatic nitrogens is 1. The van der Waals surface area contributed by atoms with Gasteiger partial charge in [-0.2, -0.15) is 0 Å². The number of carbonyl (C=O) groups excluding carboxylic acids is 1. The summed E-state index contributed by atoms with van der Waals surface area (Å²) in [7, 11) is 0. The van der Waals surface area contributed by atoms with E-state index in [9.17, 15) is 4.79 Å². The molecule has 0 aromatic carbocycles. The van der Waals surface area contributed by atoms with E-state index in [0.29, 0.717) is 15.7 Å². The number of nitrogens with one attached hydrogen (secondary N) is 1. The highest BCUT2D eigenvalue weighted by molar-refractivity contribution is 6.36. The zero-order chi connectivity index (χ0) is 12.3. The van der Waals surface area contributed by atoms with Gasteiger partial charge in [0.2, 0.25) is 0 Å². The van der Waals surface area contributed by atoms with Crippen LogP contribution >= 0.6 is 23.2 Å². The molecule has 0 aliphatic heterocycles. The highest BCUT2D eigenvalue weighted by atomic mass is 35.5. The highest BCUT2D eigenvalue weighted by Gasteiger charge is 2.18. The zero-order valence-electron chi connectivity index (χ0n) is 9.38. The Bertz CT molecular complexity index is 417. The van der Waals surface area contributed by atoms with Crippen LogP contribution in [0, 0.1) is 0 Å². The SMILES string of the molecule is O=C(NC1CCCCC1)c1cnc(Cl)cc1Cl. The molecule has 0 unspecified atom stereocenters. The van der Waals surface area contributed by atoms with Gasteiger partial charge < -0.3 is 5.32 Å². The Labute approximate surface area is 111 Å². The molecular weight excluding hydrogens is 259 g/mol. The van der Waals surface area contributed by atoms with E-state index in [1.54, 1.807) is 0 Å². The first-order valence-corrected chi connectivity index (χ1v) is 6.54. The van der Waals surface area contributed by atoms with Gasteiger partial charge in [-0.05, 0) is 18.9 Å². The summed E-state index contributed by atoms with van der Waals surface area (Å²) >= 11 is 11.6. The normalized spacial score (nSPS) is 16.8. The van der Waals surface area contributed by atoms with Crippen LogP contribution in [0.15, 0.2) is 12.3 Å². The second kappa shape index (κ2) is 5.69. The summed E-state index contributed by atoms with van der Waals surface area (Å²) in [5.74, 6) is -0.161. The van der Waals surface area contributed by atoms with E-state index in [4.69, 9.17) is 23.2 Å². The maximum Gasteiger partial charge on any atom is 0.254 e. The van der Waals surface area contributed by atoms with Crippen molar-refractivity contribution in [1.82, 2.24) is 10.3 Å². The molecule has 0 atom stereocenters. The molecule has 0 spiro atoms. The lowest BCUT2D eigenvalue weighted by atomic mass is 9.95. The van der Waals surface area contributed by atoms with Gasteiger partial charge in [-0.25, -0.2) is 4.98 Å². The molecule has 0 bridgehead atoms. The van der Waals surface area contributed by atoms with Crippen LogP contribution in [0.3, 0.4) is 0 Å². The Morgan fingerprint density at radius 1 is 1.29 bits per heavy atom. The first-order valence-electron chi connectivity index (χ1n) is 5.79. The van der Waals surface area contributed by atoms with Crippen LogP contribution in [0.1, 0.15) is 42.5 Å². The monoisotopic (exact) mass is 272 g/mol. The molecule has 1 heterocycles. The van der Waals surface area contributed by atoms with Gasteiger partial charge in [0.15, 0.2) is 0 Å². The van der Waals surface area contributed by atoms with Gasteiger partial charge in [0.1, 0.15) is 5.15 Å². The van der Waals surface area contributed by atoms with Crippen LogP contribution in [-0.2, 0) is 0 Å². The van der Waals surface area contributed by atoms with E-state index < -0.39 is 0 Å². The summed E-state index contributed by atoms with van der Waals surface area (Å²) in [5, 5.41) is 3.63. The van der Waals surface area contributed by atoms with Crippen molar-refractivity contribution in [2.45, 2.75) is 38.1 Å². The number of hydrogen-bond acceptors (Lipinski definition) is 2. The van der Waals surface area contributed by atoms with E-state index in [1.165, 1.54) is 31.5 Å². The van der Waals surface area contributed by atoms with Gasteiger partial charge in [-0.1, -0.05) is 42.5 Å². The van der Waals surface area contributed by atoms with Crippen LogP contribution in [0.4, 0.5) is 0 Å². The van der Waals surface area contributed by atoms with Crippen LogP contribution in [0.25, 0.3) is 0 Å². The highest BCUT2D eigenvalue weighted by Crippen LogP contribution is 2.21. The molecule has 92 valence electrons. The third kappa shape index (κ3) is 3.33. The molecule has 17 heavy (non-hydrogen) atoms. The fourth-order valence-corrected chi connectivity index (χ4v) is 2.54. The Morgan fingerprint density at radius 2 is 2.00 bits per heavy atom. The van der Waals surface area contributed by atoms with Crippen molar-refractivity contribution in [1.29, 1.82) is 0 Å². The molecule has 1 fully saturated rings. The van der Waals surface area contributed by atoms with Crippen molar-refractivity contribution >= 4 is 29.1 Å². The molecule has 1 aliphatic carbocycles. The maximum atomic E-state index is 12.0. The molecule has 0 saturated heterocycles. The molecule has 1 amide bonds. The van der Waals surface area contributed by atoms with Crippen molar-refractivity contribution in [3.63, 3.8) is 0 Å². The molecule has 1 aromatic rings. The standard InChI is InChI=1S/C12H14Cl2N2O/c13-10-6-11(14)15-7-9(10)12(17)16-8-4-2-1-3-5-8/h6-8H,1-5H2,(H,16,17). The average molecular weight is 273 g/mol. The Balaban J connectivity index is 2.03. The Kier molecular flexibility index (Phi) is 4.24. The fourth-order valence-electron chi connectivity index (χ4n) is 2.08. The summed E-state index contributed by atoms with van der Waals surface area (Å²) in [5.41, 5.74) is 0.390. The Morgan fingerprint density at radius 3 is 2.65 bits per heavy atom. The minimum Gasteiger partial charge on any atom is -0.349 e. The number of nitrogens with zero attached hydrogens (tertiary/aromatic N) is 1. The molecule has 3 nitrogen and oxygen atoms in total. The second-order valence-electron chi connectivity index (χ2n) is 4.30. The Hall–Kier alpha value is -0.800. The predicted molar refractivity (Wildman–Crippen MR) is 68.6 cm³/mol. The van der Waals surface area contributed by atoms with E-state index >= 15 is 0 Å². The first-order chi connectivity index (χ1) is 8.16. The molecule has 1 saturated carbocycles. The first kappa shape index (κ1) is 12.7. The summed E-state index contributed by atoms with van der Waals surface area (Å²) < 4.78 is 0. The third-order valence-corrected chi connectivity index (χ3v) is 3.52. The van der Waals surface area contributed by atoms with Crippen LogP contribution < -0.4 is 5.32 Å². The number of amides is 1. The van der Waals surface area contributed by atoms with Crippen molar-refractivity contribution in [2.24, 2.45) is 0 Å². The van der Waals surface area contributed by atoms with Crippen molar-refractivity contribution in [3.05, 3.63) is 28.0 Å². The number of rotatable bonds is 2. The smallest absolute Gasteiger partial charge is 0.254 e. The molecular formula is C12H14Cl2N2O. The molecule has 2 rings (SSSR count). The van der Waals surface area contributed by atoms with Gasteiger partial charge in [0.05, 0.1) is 10.6 Å². The number of pyridine rings is 1. The van der Waals surface area contributed by atoms with E-state index in [0.717, 1.165) is 12.8 Å². The number of hydrogen-bond donors (Lipinski definition) is 1. The van der Waals surface area contributed by atoms with Crippen LogP contribution in [0.5, 0.6) is 0 Å². The number of halogens is 2. The maximum absolute atomic E-state index is 12.0. The minimum absolute atomic E-state index is 0.161. The third-order valence-electron chi connectivity index (χ3n) is 3.01. The van der Waals surface area contributed by atoms with E-state index in [1.807, 2.05) is 0 Å². The minimum atomic E-state index is -0.161. The quantitative estimate of drug-likeness (QED) is 0.838. The molecule has 1 aliphatic rings.